The Kier molecular flexibility index (Phi) is 8.82. The molecular formula is C20H26N4O7. The van der Waals surface area contributed by atoms with Crippen LogP contribution in [0, 0.1) is 0 Å². The number of aromatic nitrogens is 2. The normalized spacial score (nSPS) is 13.8. The van der Waals surface area contributed by atoms with Gasteiger partial charge >= 0.3 is 17.6 Å². The molecule has 2 aromatic rings. The molecule has 1 aromatic carbocycles. The second-order valence-corrected chi connectivity index (χ2v) is 6.81. The van der Waals surface area contributed by atoms with Gasteiger partial charge in [0.1, 0.15) is 11.6 Å². The average molecular weight is 434 g/mol. The van der Waals surface area contributed by atoms with Crippen molar-refractivity contribution in [2.24, 2.45) is 7.05 Å². The minimum Gasteiger partial charge on any atom is -0.494 e. The number of nitrogens with zero attached hydrogens (tertiary/aromatic N) is 3. The molecule has 2 heterocycles. The minimum absolute atomic E-state index is 0.349. The van der Waals surface area contributed by atoms with Crippen LogP contribution in [-0.4, -0.2) is 75.9 Å². The van der Waals surface area contributed by atoms with Crippen molar-refractivity contribution in [3.8, 4) is 5.75 Å². The van der Waals surface area contributed by atoms with Crippen molar-refractivity contribution in [1.29, 1.82) is 0 Å². The Balaban J connectivity index is 0.000000501. The number of benzene rings is 1. The molecule has 11 nitrogen and oxygen atoms in total. The van der Waals surface area contributed by atoms with E-state index in [1.807, 2.05) is 30.3 Å². The highest BCUT2D eigenvalue weighted by molar-refractivity contribution is 6.27. The van der Waals surface area contributed by atoms with E-state index in [0.717, 1.165) is 44.9 Å². The molecule has 0 saturated carbocycles. The van der Waals surface area contributed by atoms with Gasteiger partial charge in [-0.3, -0.25) is 19.2 Å². The van der Waals surface area contributed by atoms with Gasteiger partial charge in [0.25, 0.3) is 5.56 Å². The van der Waals surface area contributed by atoms with E-state index in [-0.39, 0.29) is 11.2 Å². The number of rotatable bonds is 6. The molecule has 0 bridgehead atoms. The molecule has 1 aromatic heterocycles. The Morgan fingerprint density at radius 3 is 2.23 bits per heavy atom. The van der Waals surface area contributed by atoms with E-state index in [1.54, 1.807) is 7.05 Å². The molecule has 0 unspecified atom stereocenters. The summed E-state index contributed by atoms with van der Waals surface area (Å²) in [6.07, 6.45) is 0.971. The number of H-pyrrole nitrogens is 1. The number of hydrogen-bond donors (Lipinski definition) is 3. The molecule has 31 heavy (non-hydrogen) atoms. The van der Waals surface area contributed by atoms with Gasteiger partial charge in [0.05, 0.1) is 6.61 Å². The lowest BCUT2D eigenvalue weighted by Gasteiger charge is -2.36. The highest BCUT2D eigenvalue weighted by Crippen LogP contribution is 2.13. The van der Waals surface area contributed by atoms with Gasteiger partial charge in [-0.1, -0.05) is 18.2 Å². The molecule has 11 heteroatoms. The standard InChI is InChI=1S/C18H24N4O3.C2H2O4/c1-20-17(14-16(23)19-18(20)24)22-11-9-21(10-12-22)8-5-13-25-15-6-3-2-4-7-15;3-1(4)2(5)6/h2-4,6-7,14H,5,8-13H2,1H3,(H,19,23,24);(H,3,4)(H,5,6). The minimum atomic E-state index is -1.82. The molecule has 0 amide bonds. The summed E-state index contributed by atoms with van der Waals surface area (Å²) in [5.74, 6) is -2.06. The third kappa shape index (κ3) is 7.63. The number of piperazine rings is 1. The summed E-state index contributed by atoms with van der Waals surface area (Å²) in [6.45, 7) is 5.10. The molecule has 1 aliphatic rings. The molecule has 0 radical (unpaired) electrons. The number of aromatic amines is 1. The molecule has 3 N–H and O–H groups in total. The first-order valence-electron chi connectivity index (χ1n) is 9.69. The topological polar surface area (TPSA) is 145 Å². The van der Waals surface area contributed by atoms with Crippen molar-refractivity contribution in [2.45, 2.75) is 6.42 Å². The van der Waals surface area contributed by atoms with Crippen molar-refractivity contribution >= 4 is 17.8 Å². The van der Waals surface area contributed by atoms with Crippen LogP contribution in [0.2, 0.25) is 0 Å². The van der Waals surface area contributed by atoms with E-state index in [2.05, 4.69) is 14.8 Å². The average Bonchev–Trinajstić information content (AvgIpc) is 2.75. The zero-order valence-electron chi connectivity index (χ0n) is 17.2. The second-order valence-electron chi connectivity index (χ2n) is 6.81. The summed E-state index contributed by atoms with van der Waals surface area (Å²) in [7, 11) is 1.68. The summed E-state index contributed by atoms with van der Waals surface area (Å²) in [6, 6.07) is 11.3. The van der Waals surface area contributed by atoms with Gasteiger partial charge in [0.15, 0.2) is 0 Å². The number of carbonyl (C=O) groups is 2. The lowest BCUT2D eigenvalue weighted by Crippen LogP contribution is -2.48. The van der Waals surface area contributed by atoms with Gasteiger partial charge in [-0.05, 0) is 18.6 Å². The maximum atomic E-state index is 11.7. The van der Waals surface area contributed by atoms with Crippen LogP contribution in [0.25, 0.3) is 0 Å². The predicted octanol–water partition coefficient (Wildman–Crippen LogP) is -0.180. The molecule has 168 valence electrons. The first-order valence-corrected chi connectivity index (χ1v) is 9.69. The number of ether oxygens (including phenoxy) is 1. The zero-order chi connectivity index (χ0) is 22.8. The van der Waals surface area contributed by atoms with E-state index in [9.17, 15) is 9.59 Å². The fourth-order valence-corrected chi connectivity index (χ4v) is 3.04. The molecule has 1 fully saturated rings. The monoisotopic (exact) mass is 434 g/mol. The maximum absolute atomic E-state index is 11.7. The van der Waals surface area contributed by atoms with Gasteiger partial charge in [0, 0.05) is 45.8 Å². The SMILES string of the molecule is Cn1c(N2CCN(CCCOc3ccccc3)CC2)cc(=O)[nH]c1=O.O=C(O)C(=O)O. The second kappa shape index (κ2) is 11.6. The highest BCUT2D eigenvalue weighted by atomic mass is 16.5. The molecule has 0 aliphatic carbocycles. The Morgan fingerprint density at radius 2 is 1.65 bits per heavy atom. The Labute approximate surface area is 178 Å². The smallest absolute Gasteiger partial charge is 0.414 e. The number of carboxylic acid groups (broad SMARTS) is 2. The fourth-order valence-electron chi connectivity index (χ4n) is 3.04. The lowest BCUT2D eigenvalue weighted by atomic mass is 10.3. The molecule has 0 atom stereocenters. The van der Waals surface area contributed by atoms with Crippen molar-refractivity contribution in [1.82, 2.24) is 14.5 Å². The predicted molar refractivity (Wildman–Crippen MR) is 113 cm³/mol. The van der Waals surface area contributed by atoms with E-state index in [0.29, 0.717) is 12.4 Å². The fraction of sp³-hybridized carbons (Fsp3) is 0.400. The van der Waals surface area contributed by atoms with E-state index in [4.69, 9.17) is 24.5 Å². The van der Waals surface area contributed by atoms with Crippen LogP contribution in [0.3, 0.4) is 0 Å². The number of hydrogen-bond acceptors (Lipinski definition) is 7. The molecule has 1 aliphatic heterocycles. The Morgan fingerprint density at radius 1 is 1.03 bits per heavy atom. The van der Waals surface area contributed by atoms with Gasteiger partial charge in [-0.15, -0.1) is 0 Å². The van der Waals surface area contributed by atoms with E-state index in [1.165, 1.54) is 10.6 Å². The summed E-state index contributed by atoms with van der Waals surface area (Å²) in [5.41, 5.74) is -0.721. The molecular weight excluding hydrogens is 408 g/mol. The van der Waals surface area contributed by atoms with Crippen LogP contribution in [0.4, 0.5) is 5.82 Å². The first kappa shape index (κ1) is 23.7. The van der Waals surface area contributed by atoms with Gasteiger partial charge in [-0.25, -0.2) is 14.4 Å². The summed E-state index contributed by atoms with van der Waals surface area (Å²) >= 11 is 0. The van der Waals surface area contributed by atoms with Crippen LogP contribution < -0.4 is 20.9 Å². The number of nitrogens with one attached hydrogen (secondary N) is 1. The largest absolute Gasteiger partial charge is 0.494 e. The number of aliphatic carboxylic acids is 2. The Hall–Kier alpha value is -3.60. The summed E-state index contributed by atoms with van der Waals surface area (Å²) in [5, 5.41) is 14.8. The summed E-state index contributed by atoms with van der Waals surface area (Å²) in [4.78, 5) is 48.2. The van der Waals surface area contributed by atoms with Crippen molar-refractivity contribution in [3.05, 3.63) is 57.2 Å². The first-order chi connectivity index (χ1) is 14.8. The van der Waals surface area contributed by atoms with E-state index >= 15 is 0 Å². The number of para-hydroxylation sites is 1. The van der Waals surface area contributed by atoms with Crippen LogP contribution in [0.1, 0.15) is 6.42 Å². The molecule has 3 rings (SSSR count). The van der Waals surface area contributed by atoms with E-state index < -0.39 is 11.9 Å². The van der Waals surface area contributed by atoms with Crippen molar-refractivity contribution in [2.75, 3.05) is 44.2 Å². The van der Waals surface area contributed by atoms with Crippen molar-refractivity contribution < 1.29 is 24.5 Å². The highest BCUT2D eigenvalue weighted by Gasteiger charge is 2.19. The number of anilines is 1. The number of carboxylic acids is 2. The van der Waals surface area contributed by atoms with Crippen LogP contribution in [0.15, 0.2) is 46.0 Å². The van der Waals surface area contributed by atoms with Crippen LogP contribution in [0.5, 0.6) is 5.75 Å². The lowest BCUT2D eigenvalue weighted by molar-refractivity contribution is -0.159. The third-order valence-electron chi connectivity index (χ3n) is 4.65. The van der Waals surface area contributed by atoms with Crippen LogP contribution in [-0.2, 0) is 16.6 Å². The van der Waals surface area contributed by atoms with Crippen molar-refractivity contribution in [3.63, 3.8) is 0 Å². The quantitative estimate of drug-likeness (QED) is 0.416. The third-order valence-corrected chi connectivity index (χ3v) is 4.65. The van der Waals surface area contributed by atoms with Crippen LogP contribution >= 0.6 is 0 Å². The Bertz CT molecular complexity index is 967. The molecule has 0 spiro atoms. The van der Waals surface area contributed by atoms with Gasteiger partial charge < -0.3 is 19.8 Å². The van der Waals surface area contributed by atoms with Gasteiger partial charge in [0.2, 0.25) is 0 Å². The summed E-state index contributed by atoms with van der Waals surface area (Å²) < 4.78 is 7.21. The zero-order valence-corrected chi connectivity index (χ0v) is 17.2. The maximum Gasteiger partial charge on any atom is 0.414 e. The molecule has 1 saturated heterocycles. The van der Waals surface area contributed by atoms with Gasteiger partial charge in [-0.2, -0.15) is 0 Å².